The first-order chi connectivity index (χ1) is 14.4. The Labute approximate surface area is 173 Å². The van der Waals surface area contributed by atoms with E-state index >= 15 is 0 Å². The number of benzene rings is 2. The van der Waals surface area contributed by atoms with E-state index < -0.39 is 11.9 Å². The van der Waals surface area contributed by atoms with Crippen molar-refractivity contribution >= 4 is 29.4 Å². The molecule has 154 valence electrons. The summed E-state index contributed by atoms with van der Waals surface area (Å²) in [5, 5.41) is 5.17. The number of piperidine rings is 1. The van der Waals surface area contributed by atoms with E-state index in [1.165, 1.54) is 9.80 Å². The molecule has 0 aliphatic carbocycles. The Balaban J connectivity index is 1.41. The third-order valence-electron chi connectivity index (χ3n) is 5.48. The maximum atomic E-state index is 12.7. The van der Waals surface area contributed by atoms with Crippen molar-refractivity contribution < 1.29 is 19.2 Å². The molecule has 0 aromatic heterocycles. The topological polar surface area (TPSA) is 98.8 Å². The van der Waals surface area contributed by atoms with E-state index in [0.29, 0.717) is 25.1 Å². The summed E-state index contributed by atoms with van der Waals surface area (Å²) in [5.41, 5.74) is 3.01. The largest absolute Gasteiger partial charge is 0.334 e. The van der Waals surface area contributed by atoms with Crippen LogP contribution in [0, 0.1) is 0 Å². The van der Waals surface area contributed by atoms with Gasteiger partial charge in [-0.05, 0) is 35.7 Å². The standard InChI is InChI=1S/C22H22N4O4/c1-25(16-5-3-2-4-6-16)22(30)23-12-14-7-8-17-15(11-14)13-26(21(17)29)18-9-10-19(27)24-20(18)28/h2-8,11,18H,9-10,12-13H2,1H3,(H,23,30)(H,24,27,28). The van der Waals surface area contributed by atoms with Crippen LogP contribution in [0.25, 0.3) is 0 Å². The second kappa shape index (κ2) is 7.98. The number of fused-ring (bicyclic) bond motifs is 1. The molecule has 30 heavy (non-hydrogen) atoms. The molecule has 0 radical (unpaired) electrons. The van der Waals surface area contributed by atoms with E-state index in [9.17, 15) is 19.2 Å². The number of hydrogen-bond acceptors (Lipinski definition) is 4. The highest BCUT2D eigenvalue weighted by Gasteiger charge is 2.39. The van der Waals surface area contributed by atoms with Gasteiger partial charge >= 0.3 is 6.03 Å². The molecule has 1 atom stereocenters. The predicted molar refractivity (Wildman–Crippen MR) is 110 cm³/mol. The minimum Gasteiger partial charge on any atom is -0.334 e. The van der Waals surface area contributed by atoms with E-state index in [0.717, 1.165) is 16.8 Å². The van der Waals surface area contributed by atoms with Gasteiger partial charge in [-0.15, -0.1) is 0 Å². The Bertz CT molecular complexity index is 1020. The number of imide groups is 1. The fourth-order valence-corrected chi connectivity index (χ4v) is 3.80. The summed E-state index contributed by atoms with van der Waals surface area (Å²) in [6.07, 6.45) is 0.557. The molecule has 2 heterocycles. The lowest BCUT2D eigenvalue weighted by atomic mass is 10.0. The van der Waals surface area contributed by atoms with Gasteiger partial charge in [0.05, 0.1) is 0 Å². The lowest BCUT2D eigenvalue weighted by Crippen LogP contribution is -2.52. The molecule has 0 saturated carbocycles. The Morgan fingerprint density at radius 2 is 1.93 bits per heavy atom. The third-order valence-corrected chi connectivity index (χ3v) is 5.48. The van der Waals surface area contributed by atoms with Crippen LogP contribution in [0.3, 0.4) is 0 Å². The van der Waals surface area contributed by atoms with Gasteiger partial charge in [0.25, 0.3) is 5.91 Å². The number of nitrogens with zero attached hydrogens (tertiary/aromatic N) is 2. The van der Waals surface area contributed by atoms with Crippen LogP contribution in [0.15, 0.2) is 48.5 Å². The van der Waals surface area contributed by atoms with Crippen molar-refractivity contribution in [2.45, 2.75) is 32.0 Å². The van der Waals surface area contributed by atoms with E-state index in [4.69, 9.17) is 0 Å². The summed E-state index contributed by atoms with van der Waals surface area (Å²) in [5.74, 6) is -0.943. The van der Waals surface area contributed by atoms with Crippen molar-refractivity contribution in [2.75, 3.05) is 11.9 Å². The number of urea groups is 1. The number of para-hydroxylation sites is 1. The fourth-order valence-electron chi connectivity index (χ4n) is 3.80. The van der Waals surface area contributed by atoms with Gasteiger partial charge in [0.1, 0.15) is 6.04 Å². The smallest absolute Gasteiger partial charge is 0.321 e. The minimum absolute atomic E-state index is 0.209. The highest BCUT2D eigenvalue weighted by atomic mass is 16.2. The van der Waals surface area contributed by atoms with Crippen LogP contribution >= 0.6 is 0 Å². The molecular formula is C22H22N4O4. The van der Waals surface area contributed by atoms with Gasteiger partial charge < -0.3 is 10.2 Å². The number of rotatable bonds is 4. The first-order valence-electron chi connectivity index (χ1n) is 9.77. The normalized spacial score (nSPS) is 18.1. The van der Waals surface area contributed by atoms with Gasteiger partial charge in [-0.1, -0.05) is 30.3 Å². The lowest BCUT2D eigenvalue weighted by molar-refractivity contribution is -0.136. The third kappa shape index (κ3) is 3.76. The second-order valence-electron chi connectivity index (χ2n) is 7.44. The molecule has 2 N–H and O–H groups in total. The van der Waals surface area contributed by atoms with Crippen molar-refractivity contribution in [1.29, 1.82) is 0 Å². The first-order valence-corrected chi connectivity index (χ1v) is 9.77. The zero-order valence-electron chi connectivity index (χ0n) is 16.6. The number of amides is 5. The monoisotopic (exact) mass is 406 g/mol. The summed E-state index contributed by atoms with van der Waals surface area (Å²) in [6, 6.07) is 13.9. The quantitative estimate of drug-likeness (QED) is 0.757. The molecular weight excluding hydrogens is 384 g/mol. The van der Waals surface area contributed by atoms with Crippen LogP contribution in [0.2, 0.25) is 0 Å². The summed E-state index contributed by atoms with van der Waals surface area (Å²) in [4.78, 5) is 51.7. The van der Waals surface area contributed by atoms with Gasteiger partial charge in [-0.25, -0.2) is 4.79 Å². The molecule has 2 aromatic carbocycles. The van der Waals surface area contributed by atoms with Crippen molar-refractivity contribution in [2.24, 2.45) is 0 Å². The van der Waals surface area contributed by atoms with Gasteiger partial charge in [-0.3, -0.25) is 24.6 Å². The minimum atomic E-state index is -0.634. The maximum absolute atomic E-state index is 12.7. The van der Waals surface area contributed by atoms with E-state index in [1.54, 1.807) is 19.2 Å². The fraction of sp³-hybridized carbons (Fsp3) is 0.273. The van der Waals surface area contributed by atoms with Crippen molar-refractivity contribution in [3.8, 4) is 0 Å². The number of nitrogens with one attached hydrogen (secondary N) is 2. The molecule has 5 amide bonds. The molecule has 0 bridgehead atoms. The molecule has 1 saturated heterocycles. The molecule has 2 aliphatic rings. The summed E-state index contributed by atoms with van der Waals surface area (Å²) >= 11 is 0. The SMILES string of the molecule is CN(C(=O)NCc1ccc2c(c1)CN(C1CCC(=O)NC1=O)C2=O)c1ccccc1. The summed E-state index contributed by atoms with van der Waals surface area (Å²) < 4.78 is 0. The Morgan fingerprint density at radius 3 is 2.67 bits per heavy atom. The van der Waals surface area contributed by atoms with Crippen molar-refractivity contribution in [3.63, 3.8) is 0 Å². The van der Waals surface area contributed by atoms with Crippen molar-refractivity contribution in [3.05, 3.63) is 65.2 Å². The molecule has 1 unspecified atom stereocenters. The van der Waals surface area contributed by atoms with E-state index in [-0.39, 0.29) is 24.3 Å². The van der Waals surface area contributed by atoms with Crippen molar-refractivity contribution in [1.82, 2.24) is 15.5 Å². The summed E-state index contributed by atoms with van der Waals surface area (Å²) in [7, 11) is 1.70. The average Bonchev–Trinajstić information content (AvgIpc) is 3.07. The molecule has 8 heteroatoms. The predicted octanol–water partition coefficient (Wildman–Crippen LogP) is 1.79. The second-order valence-corrected chi connectivity index (χ2v) is 7.44. The van der Waals surface area contributed by atoms with Crippen LogP contribution in [-0.4, -0.2) is 41.7 Å². The number of carbonyl (C=O) groups excluding carboxylic acids is 4. The first kappa shape index (κ1) is 19.6. The van der Waals surface area contributed by atoms with Crippen LogP contribution in [0.4, 0.5) is 10.5 Å². The zero-order chi connectivity index (χ0) is 21.3. The number of hydrogen-bond donors (Lipinski definition) is 2. The zero-order valence-corrected chi connectivity index (χ0v) is 16.6. The van der Waals surface area contributed by atoms with Crippen LogP contribution < -0.4 is 15.5 Å². The summed E-state index contributed by atoms with van der Waals surface area (Å²) in [6.45, 7) is 0.627. The van der Waals surface area contributed by atoms with Gasteiger partial charge in [0.2, 0.25) is 11.8 Å². The average molecular weight is 406 g/mol. The number of anilines is 1. The molecule has 8 nitrogen and oxygen atoms in total. The van der Waals surface area contributed by atoms with Crippen LogP contribution in [-0.2, 0) is 22.7 Å². The van der Waals surface area contributed by atoms with Gasteiger partial charge in [0.15, 0.2) is 0 Å². The highest BCUT2D eigenvalue weighted by Crippen LogP contribution is 2.28. The molecule has 1 fully saturated rings. The molecule has 2 aliphatic heterocycles. The van der Waals surface area contributed by atoms with Gasteiger partial charge in [-0.2, -0.15) is 0 Å². The molecule has 4 rings (SSSR count). The highest BCUT2D eigenvalue weighted by molar-refractivity contribution is 6.05. The van der Waals surface area contributed by atoms with Crippen LogP contribution in [0.1, 0.15) is 34.3 Å². The number of carbonyl (C=O) groups is 4. The lowest BCUT2D eigenvalue weighted by Gasteiger charge is -2.29. The van der Waals surface area contributed by atoms with Crippen LogP contribution in [0.5, 0.6) is 0 Å². The molecule has 0 spiro atoms. The molecule has 2 aromatic rings. The Morgan fingerprint density at radius 1 is 1.17 bits per heavy atom. The van der Waals surface area contributed by atoms with E-state index in [2.05, 4.69) is 10.6 Å². The Hall–Kier alpha value is -3.68. The van der Waals surface area contributed by atoms with E-state index in [1.807, 2.05) is 36.4 Å². The van der Waals surface area contributed by atoms with Gasteiger partial charge in [0, 0.05) is 37.8 Å². The Kier molecular flexibility index (Phi) is 5.22. The maximum Gasteiger partial charge on any atom is 0.321 e.